The number of anilines is 2. The van der Waals surface area contributed by atoms with Crippen LogP contribution in [-0.4, -0.2) is 16.5 Å². The maximum atomic E-state index is 12.7. The van der Waals surface area contributed by atoms with Crippen LogP contribution in [0.3, 0.4) is 0 Å². The maximum Gasteiger partial charge on any atom is 0.416 e. The lowest BCUT2D eigenvalue weighted by molar-refractivity contribution is -0.137. The molecular formula is C13H14F3N5. The molecule has 0 spiro atoms. The summed E-state index contributed by atoms with van der Waals surface area (Å²) in [6.45, 7) is 0.447. The van der Waals surface area contributed by atoms with Crippen LogP contribution >= 0.6 is 0 Å². The number of aromatic nitrogens is 2. The van der Waals surface area contributed by atoms with Crippen LogP contribution in [0.25, 0.3) is 0 Å². The number of alkyl halides is 3. The van der Waals surface area contributed by atoms with Crippen LogP contribution in [0.4, 0.5) is 24.8 Å². The van der Waals surface area contributed by atoms with E-state index in [2.05, 4.69) is 20.7 Å². The third-order valence-corrected chi connectivity index (χ3v) is 2.77. The molecule has 0 fully saturated rings. The second-order valence-electron chi connectivity index (χ2n) is 4.30. The quantitative estimate of drug-likeness (QED) is 0.584. The molecule has 0 aromatic carbocycles. The van der Waals surface area contributed by atoms with Crippen LogP contribution < -0.4 is 16.6 Å². The molecule has 0 amide bonds. The van der Waals surface area contributed by atoms with E-state index in [-0.39, 0.29) is 11.6 Å². The molecule has 0 saturated heterocycles. The van der Waals surface area contributed by atoms with Gasteiger partial charge in [-0.25, -0.2) is 10.8 Å². The molecule has 21 heavy (non-hydrogen) atoms. The molecular weight excluding hydrogens is 283 g/mol. The topological polar surface area (TPSA) is 75.9 Å². The normalized spacial score (nSPS) is 11.2. The Morgan fingerprint density at radius 2 is 1.76 bits per heavy atom. The predicted molar refractivity (Wildman–Crippen MR) is 73.5 cm³/mol. The number of nitrogens with zero attached hydrogens (tertiary/aromatic N) is 2. The van der Waals surface area contributed by atoms with Gasteiger partial charge in [0.25, 0.3) is 0 Å². The number of hydrogen-bond acceptors (Lipinski definition) is 5. The number of hydrazine groups is 1. The van der Waals surface area contributed by atoms with Crippen molar-refractivity contribution in [2.45, 2.75) is 12.6 Å². The summed E-state index contributed by atoms with van der Waals surface area (Å²) in [4.78, 5) is 7.83. The van der Waals surface area contributed by atoms with E-state index in [1.807, 2.05) is 12.1 Å². The van der Waals surface area contributed by atoms with Crippen molar-refractivity contribution in [1.82, 2.24) is 9.97 Å². The highest BCUT2D eigenvalue weighted by molar-refractivity contribution is 5.49. The number of hydrogen-bond donors (Lipinski definition) is 3. The molecule has 2 aromatic rings. The first-order valence-electron chi connectivity index (χ1n) is 6.18. The molecule has 0 aliphatic heterocycles. The second kappa shape index (κ2) is 6.40. The SMILES string of the molecule is NNc1cc(C(F)(F)F)cc(NCCc2ccncc2)n1. The summed E-state index contributed by atoms with van der Waals surface area (Å²) in [7, 11) is 0. The number of rotatable bonds is 5. The molecule has 2 heterocycles. The fourth-order valence-corrected chi connectivity index (χ4v) is 1.74. The van der Waals surface area contributed by atoms with Gasteiger partial charge in [-0.2, -0.15) is 13.2 Å². The zero-order valence-electron chi connectivity index (χ0n) is 11.0. The minimum absolute atomic E-state index is 0.0452. The molecule has 0 bridgehead atoms. The first kappa shape index (κ1) is 15.0. The Morgan fingerprint density at radius 1 is 1.10 bits per heavy atom. The fourth-order valence-electron chi connectivity index (χ4n) is 1.74. The van der Waals surface area contributed by atoms with Gasteiger partial charge in [0.05, 0.1) is 5.56 Å². The summed E-state index contributed by atoms with van der Waals surface area (Å²) >= 11 is 0. The van der Waals surface area contributed by atoms with Gasteiger partial charge in [0, 0.05) is 18.9 Å². The van der Waals surface area contributed by atoms with E-state index in [1.54, 1.807) is 12.4 Å². The lowest BCUT2D eigenvalue weighted by Gasteiger charge is -2.12. The van der Waals surface area contributed by atoms with E-state index >= 15 is 0 Å². The highest BCUT2D eigenvalue weighted by Gasteiger charge is 2.31. The average Bonchev–Trinajstić information content (AvgIpc) is 2.47. The molecule has 0 aliphatic carbocycles. The summed E-state index contributed by atoms with van der Waals surface area (Å²) in [6.07, 6.45) is -0.482. The number of pyridine rings is 2. The van der Waals surface area contributed by atoms with E-state index < -0.39 is 11.7 Å². The van der Waals surface area contributed by atoms with Gasteiger partial charge < -0.3 is 10.7 Å². The van der Waals surface area contributed by atoms with Gasteiger partial charge in [0.15, 0.2) is 0 Å². The summed E-state index contributed by atoms with van der Waals surface area (Å²) in [5.41, 5.74) is 2.35. The van der Waals surface area contributed by atoms with E-state index in [9.17, 15) is 13.2 Å². The standard InChI is InChI=1S/C13H14F3N5/c14-13(15,16)10-7-11(20-12(8-10)21-17)19-6-3-9-1-4-18-5-2-9/h1-2,4-5,7-8H,3,6,17H2,(H2,19,20,21). The first-order chi connectivity index (χ1) is 9.99. The molecule has 0 aliphatic rings. The van der Waals surface area contributed by atoms with Crippen LogP contribution in [0, 0.1) is 0 Å². The van der Waals surface area contributed by atoms with E-state index in [4.69, 9.17) is 5.84 Å². The highest BCUT2D eigenvalue weighted by Crippen LogP contribution is 2.31. The lowest BCUT2D eigenvalue weighted by Crippen LogP contribution is -2.14. The van der Waals surface area contributed by atoms with Crippen LogP contribution in [0.1, 0.15) is 11.1 Å². The molecule has 0 saturated carbocycles. The van der Waals surface area contributed by atoms with Gasteiger partial charge in [0.2, 0.25) is 0 Å². The number of nitrogens with one attached hydrogen (secondary N) is 2. The molecule has 0 unspecified atom stereocenters. The van der Waals surface area contributed by atoms with E-state index in [0.717, 1.165) is 17.7 Å². The van der Waals surface area contributed by atoms with Gasteiger partial charge >= 0.3 is 6.18 Å². The Labute approximate surface area is 119 Å². The van der Waals surface area contributed by atoms with Crippen molar-refractivity contribution >= 4 is 11.6 Å². The average molecular weight is 297 g/mol. The van der Waals surface area contributed by atoms with E-state index in [1.165, 1.54) is 0 Å². The van der Waals surface area contributed by atoms with Crippen LogP contribution in [0.2, 0.25) is 0 Å². The molecule has 0 radical (unpaired) electrons. The third-order valence-electron chi connectivity index (χ3n) is 2.77. The molecule has 4 N–H and O–H groups in total. The zero-order chi connectivity index (χ0) is 15.3. The lowest BCUT2D eigenvalue weighted by atomic mass is 10.2. The smallest absolute Gasteiger partial charge is 0.370 e. The fraction of sp³-hybridized carbons (Fsp3) is 0.231. The minimum atomic E-state index is -4.45. The van der Waals surface area contributed by atoms with Gasteiger partial charge in [-0.15, -0.1) is 0 Å². The molecule has 112 valence electrons. The summed E-state index contributed by atoms with van der Waals surface area (Å²) in [5.74, 6) is 5.21. The number of halogens is 3. The van der Waals surface area contributed by atoms with Crippen molar-refractivity contribution in [1.29, 1.82) is 0 Å². The summed E-state index contributed by atoms with van der Waals surface area (Å²) in [5, 5.41) is 2.85. The monoisotopic (exact) mass is 297 g/mol. The Balaban J connectivity index is 2.05. The van der Waals surface area contributed by atoms with Gasteiger partial charge in [-0.1, -0.05) is 0 Å². The number of nitrogen functional groups attached to an aromatic ring is 1. The molecule has 0 atom stereocenters. The second-order valence-corrected chi connectivity index (χ2v) is 4.30. The maximum absolute atomic E-state index is 12.7. The van der Waals surface area contributed by atoms with Crippen molar-refractivity contribution in [3.63, 3.8) is 0 Å². The van der Waals surface area contributed by atoms with Crippen molar-refractivity contribution in [2.24, 2.45) is 5.84 Å². The third kappa shape index (κ3) is 4.32. The van der Waals surface area contributed by atoms with Crippen LogP contribution in [0.15, 0.2) is 36.7 Å². The predicted octanol–water partition coefficient (Wildman–Crippen LogP) is 2.44. The molecule has 2 aromatic heterocycles. The Bertz CT molecular complexity index is 586. The molecule has 8 heteroatoms. The summed E-state index contributed by atoms with van der Waals surface area (Å²) < 4.78 is 38.2. The Morgan fingerprint density at radius 3 is 2.38 bits per heavy atom. The highest BCUT2D eigenvalue weighted by atomic mass is 19.4. The largest absolute Gasteiger partial charge is 0.416 e. The van der Waals surface area contributed by atoms with Crippen molar-refractivity contribution in [2.75, 3.05) is 17.3 Å². The van der Waals surface area contributed by atoms with Gasteiger partial charge in [-0.3, -0.25) is 4.98 Å². The van der Waals surface area contributed by atoms with Crippen molar-refractivity contribution in [3.05, 3.63) is 47.8 Å². The Hall–Kier alpha value is -2.35. The van der Waals surface area contributed by atoms with Crippen LogP contribution in [0.5, 0.6) is 0 Å². The van der Waals surface area contributed by atoms with Gasteiger partial charge in [0.1, 0.15) is 11.6 Å². The minimum Gasteiger partial charge on any atom is -0.370 e. The summed E-state index contributed by atoms with van der Waals surface area (Å²) in [6, 6.07) is 5.49. The van der Waals surface area contributed by atoms with Crippen molar-refractivity contribution in [3.8, 4) is 0 Å². The Kier molecular flexibility index (Phi) is 4.59. The van der Waals surface area contributed by atoms with E-state index in [0.29, 0.717) is 13.0 Å². The van der Waals surface area contributed by atoms with Gasteiger partial charge in [-0.05, 0) is 36.2 Å². The number of nitrogens with two attached hydrogens (primary N) is 1. The first-order valence-corrected chi connectivity index (χ1v) is 6.18. The zero-order valence-corrected chi connectivity index (χ0v) is 11.0. The van der Waals surface area contributed by atoms with Crippen LogP contribution in [-0.2, 0) is 12.6 Å². The van der Waals surface area contributed by atoms with Crippen molar-refractivity contribution < 1.29 is 13.2 Å². The molecule has 2 rings (SSSR count). The molecule has 5 nitrogen and oxygen atoms in total.